The molecule has 0 aromatic heterocycles. The fourth-order valence-corrected chi connectivity index (χ4v) is 1.17. The van der Waals surface area contributed by atoms with Crippen molar-refractivity contribution in [3.8, 4) is 0 Å². The highest BCUT2D eigenvalue weighted by Gasteiger charge is 2.19. The summed E-state index contributed by atoms with van der Waals surface area (Å²) in [7, 11) is 0. The van der Waals surface area contributed by atoms with Crippen molar-refractivity contribution < 1.29 is 14.7 Å². The van der Waals surface area contributed by atoms with E-state index in [0.717, 1.165) is 5.57 Å². The van der Waals surface area contributed by atoms with Crippen LogP contribution in [0.15, 0.2) is 11.6 Å². The van der Waals surface area contributed by atoms with Gasteiger partial charge in [-0.05, 0) is 26.2 Å². The van der Waals surface area contributed by atoms with Crippen LogP contribution in [0.25, 0.3) is 0 Å². The molecule has 0 saturated carbocycles. The zero-order chi connectivity index (χ0) is 12.0. The molecule has 15 heavy (non-hydrogen) atoms. The van der Waals surface area contributed by atoms with Crippen molar-refractivity contribution in [2.75, 3.05) is 0 Å². The lowest BCUT2D eigenvalue weighted by Gasteiger charge is -2.15. The SMILES string of the molecule is CC(C)=CC(=O)N[C@H](CC(C)C)C(=O)O. The van der Waals surface area contributed by atoms with E-state index in [1.165, 1.54) is 6.08 Å². The fourth-order valence-electron chi connectivity index (χ4n) is 1.17. The maximum absolute atomic E-state index is 11.3. The van der Waals surface area contributed by atoms with Gasteiger partial charge in [0.2, 0.25) is 5.91 Å². The highest BCUT2D eigenvalue weighted by atomic mass is 16.4. The molecule has 0 saturated heterocycles. The van der Waals surface area contributed by atoms with Crippen LogP contribution in [0.2, 0.25) is 0 Å². The van der Waals surface area contributed by atoms with E-state index in [9.17, 15) is 9.59 Å². The summed E-state index contributed by atoms with van der Waals surface area (Å²) >= 11 is 0. The van der Waals surface area contributed by atoms with Gasteiger partial charge < -0.3 is 10.4 Å². The molecule has 4 heteroatoms. The van der Waals surface area contributed by atoms with Crippen molar-refractivity contribution in [2.24, 2.45) is 5.92 Å². The van der Waals surface area contributed by atoms with Gasteiger partial charge in [0.05, 0.1) is 0 Å². The summed E-state index contributed by atoms with van der Waals surface area (Å²) < 4.78 is 0. The topological polar surface area (TPSA) is 66.4 Å². The molecule has 0 aromatic rings. The first-order valence-corrected chi connectivity index (χ1v) is 5.01. The Morgan fingerprint density at radius 1 is 1.33 bits per heavy atom. The molecule has 0 aliphatic rings. The molecular weight excluding hydrogens is 194 g/mol. The van der Waals surface area contributed by atoms with Crippen molar-refractivity contribution >= 4 is 11.9 Å². The zero-order valence-electron chi connectivity index (χ0n) is 9.70. The molecule has 0 unspecified atom stereocenters. The van der Waals surface area contributed by atoms with Crippen LogP contribution in [-0.4, -0.2) is 23.0 Å². The van der Waals surface area contributed by atoms with E-state index in [0.29, 0.717) is 6.42 Å². The molecule has 0 aromatic carbocycles. The van der Waals surface area contributed by atoms with Crippen LogP contribution in [0.1, 0.15) is 34.1 Å². The third-order valence-corrected chi connectivity index (χ3v) is 1.74. The van der Waals surface area contributed by atoms with E-state index < -0.39 is 12.0 Å². The Kier molecular flexibility index (Phi) is 5.67. The van der Waals surface area contributed by atoms with Gasteiger partial charge >= 0.3 is 5.97 Å². The van der Waals surface area contributed by atoms with Crippen molar-refractivity contribution in [3.63, 3.8) is 0 Å². The number of allylic oxidation sites excluding steroid dienone is 1. The van der Waals surface area contributed by atoms with Crippen molar-refractivity contribution in [1.82, 2.24) is 5.32 Å². The molecule has 0 fully saturated rings. The monoisotopic (exact) mass is 213 g/mol. The number of hydrogen-bond donors (Lipinski definition) is 2. The molecule has 2 N–H and O–H groups in total. The first-order valence-electron chi connectivity index (χ1n) is 5.01. The summed E-state index contributed by atoms with van der Waals surface area (Å²) in [4.78, 5) is 22.1. The number of nitrogens with one attached hydrogen (secondary N) is 1. The Balaban J connectivity index is 4.36. The minimum Gasteiger partial charge on any atom is -0.480 e. The Morgan fingerprint density at radius 2 is 1.87 bits per heavy atom. The molecule has 0 bridgehead atoms. The van der Waals surface area contributed by atoms with Gasteiger partial charge in [-0.1, -0.05) is 19.4 Å². The highest BCUT2D eigenvalue weighted by molar-refractivity contribution is 5.91. The molecule has 1 amide bonds. The standard InChI is InChI=1S/C11H19NO3/c1-7(2)5-9(11(14)15)12-10(13)6-8(3)4/h6-7,9H,5H2,1-4H3,(H,12,13)(H,14,15)/t9-/m1/s1. The normalized spacial score (nSPS) is 12.1. The lowest BCUT2D eigenvalue weighted by atomic mass is 10.0. The van der Waals surface area contributed by atoms with Gasteiger partial charge in [-0.2, -0.15) is 0 Å². The third kappa shape index (κ3) is 6.71. The van der Waals surface area contributed by atoms with E-state index in [1.54, 1.807) is 13.8 Å². The largest absolute Gasteiger partial charge is 0.480 e. The van der Waals surface area contributed by atoms with Crippen LogP contribution in [0.4, 0.5) is 0 Å². The molecule has 1 atom stereocenters. The van der Waals surface area contributed by atoms with E-state index in [1.807, 2.05) is 13.8 Å². The number of carbonyl (C=O) groups excluding carboxylic acids is 1. The number of aliphatic carboxylic acids is 1. The Hall–Kier alpha value is -1.32. The number of carboxylic acid groups (broad SMARTS) is 1. The second-order valence-corrected chi connectivity index (χ2v) is 4.25. The van der Waals surface area contributed by atoms with Gasteiger partial charge in [-0.25, -0.2) is 4.79 Å². The molecular formula is C11H19NO3. The summed E-state index contributed by atoms with van der Waals surface area (Å²) in [6.45, 7) is 7.42. The van der Waals surface area contributed by atoms with Gasteiger partial charge in [0.25, 0.3) is 0 Å². The Morgan fingerprint density at radius 3 is 2.20 bits per heavy atom. The number of carboxylic acids is 1. The predicted molar refractivity (Wildman–Crippen MR) is 58.5 cm³/mol. The molecule has 0 aliphatic carbocycles. The predicted octanol–water partition coefficient (Wildman–Crippen LogP) is 1.57. The molecule has 0 heterocycles. The summed E-state index contributed by atoms with van der Waals surface area (Å²) in [6.07, 6.45) is 1.84. The van der Waals surface area contributed by atoms with Crippen LogP contribution in [0.3, 0.4) is 0 Å². The van der Waals surface area contributed by atoms with Crippen molar-refractivity contribution in [3.05, 3.63) is 11.6 Å². The Labute approximate surface area is 90.4 Å². The van der Waals surface area contributed by atoms with Gasteiger partial charge in [-0.15, -0.1) is 0 Å². The number of carbonyl (C=O) groups is 2. The molecule has 0 rings (SSSR count). The highest BCUT2D eigenvalue weighted by Crippen LogP contribution is 2.05. The molecule has 4 nitrogen and oxygen atoms in total. The fraction of sp³-hybridized carbons (Fsp3) is 0.636. The van der Waals surface area contributed by atoms with Crippen LogP contribution >= 0.6 is 0 Å². The van der Waals surface area contributed by atoms with Gasteiger partial charge in [0, 0.05) is 6.08 Å². The van der Waals surface area contributed by atoms with Crippen LogP contribution in [0, 0.1) is 5.92 Å². The minimum atomic E-state index is -0.987. The maximum Gasteiger partial charge on any atom is 0.326 e. The lowest BCUT2D eigenvalue weighted by molar-refractivity contribution is -0.141. The van der Waals surface area contributed by atoms with Crippen LogP contribution in [-0.2, 0) is 9.59 Å². The average molecular weight is 213 g/mol. The van der Waals surface area contributed by atoms with E-state index in [2.05, 4.69) is 5.32 Å². The van der Waals surface area contributed by atoms with Gasteiger partial charge in [0.1, 0.15) is 6.04 Å². The average Bonchev–Trinajstić information content (AvgIpc) is 1.99. The summed E-state index contributed by atoms with van der Waals surface area (Å²) in [5.41, 5.74) is 0.848. The summed E-state index contributed by atoms with van der Waals surface area (Å²) in [6, 6.07) is -0.798. The summed E-state index contributed by atoms with van der Waals surface area (Å²) in [5, 5.41) is 11.3. The maximum atomic E-state index is 11.3. The molecule has 0 spiro atoms. The second-order valence-electron chi connectivity index (χ2n) is 4.25. The minimum absolute atomic E-state index is 0.234. The third-order valence-electron chi connectivity index (χ3n) is 1.74. The van der Waals surface area contributed by atoms with E-state index >= 15 is 0 Å². The van der Waals surface area contributed by atoms with Gasteiger partial charge in [-0.3, -0.25) is 4.79 Å². The molecule has 0 aliphatic heterocycles. The smallest absolute Gasteiger partial charge is 0.326 e. The first kappa shape index (κ1) is 13.7. The number of hydrogen-bond acceptors (Lipinski definition) is 2. The summed E-state index contributed by atoms with van der Waals surface area (Å²) in [5.74, 6) is -1.10. The molecule has 86 valence electrons. The quantitative estimate of drug-likeness (QED) is 0.681. The zero-order valence-corrected chi connectivity index (χ0v) is 9.70. The van der Waals surface area contributed by atoms with E-state index in [-0.39, 0.29) is 11.8 Å². The van der Waals surface area contributed by atoms with E-state index in [4.69, 9.17) is 5.11 Å². The second kappa shape index (κ2) is 6.22. The van der Waals surface area contributed by atoms with Crippen LogP contribution in [0.5, 0.6) is 0 Å². The Bertz CT molecular complexity index is 265. The number of amides is 1. The lowest BCUT2D eigenvalue weighted by Crippen LogP contribution is -2.40. The first-order chi connectivity index (χ1) is 6.82. The molecule has 0 radical (unpaired) electrons. The number of rotatable bonds is 5. The van der Waals surface area contributed by atoms with Crippen molar-refractivity contribution in [1.29, 1.82) is 0 Å². The van der Waals surface area contributed by atoms with Crippen molar-refractivity contribution in [2.45, 2.75) is 40.2 Å². The van der Waals surface area contributed by atoms with Gasteiger partial charge in [0.15, 0.2) is 0 Å². The van der Waals surface area contributed by atoms with Crippen LogP contribution < -0.4 is 5.32 Å².